The van der Waals surface area contributed by atoms with Crippen molar-refractivity contribution in [1.29, 1.82) is 0 Å². The topological polar surface area (TPSA) is 59.4 Å². The van der Waals surface area contributed by atoms with Gasteiger partial charge in [0.1, 0.15) is 0 Å². The zero-order valence-corrected chi connectivity index (χ0v) is 14.5. The monoisotopic (exact) mass is 350 g/mol. The Morgan fingerprint density at radius 3 is 2.56 bits per heavy atom. The summed E-state index contributed by atoms with van der Waals surface area (Å²) in [4.78, 5) is 9.19. The smallest absolute Gasteiger partial charge is 0.183 e. The van der Waals surface area contributed by atoms with Crippen molar-refractivity contribution < 1.29 is 8.42 Å². The molecule has 4 rings (SSSR count). The van der Waals surface area contributed by atoms with E-state index in [0.29, 0.717) is 29.8 Å². The second-order valence-corrected chi connectivity index (χ2v) is 8.38. The lowest BCUT2D eigenvalue weighted by Crippen LogP contribution is -2.29. The molecule has 1 aliphatic heterocycles. The minimum absolute atomic E-state index is 0.324. The molecule has 1 aromatic heterocycles. The molecule has 0 fully saturated rings. The van der Waals surface area contributed by atoms with Crippen LogP contribution in [0.4, 0.5) is 0 Å². The predicted octanol–water partition coefficient (Wildman–Crippen LogP) is 3.66. The average molecular weight is 350 g/mol. The first-order valence-electron chi connectivity index (χ1n) is 8.32. The predicted molar refractivity (Wildman–Crippen MR) is 99.8 cm³/mol. The molecule has 0 amide bonds. The maximum Gasteiger partial charge on any atom is 0.183 e. The highest BCUT2D eigenvalue weighted by atomic mass is 32.2. The molecule has 1 aliphatic rings. The van der Waals surface area contributed by atoms with Crippen molar-refractivity contribution in [2.75, 3.05) is 6.54 Å². The van der Waals surface area contributed by atoms with Crippen LogP contribution in [0.2, 0.25) is 0 Å². The number of aliphatic imine (C=N–C) groups is 1. The SMILES string of the molecule is O=S(=O)(c1cccc2cccnc12)C1CCN=C(c2ccccc2)C1. The summed E-state index contributed by atoms with van der Waals surface area (Å²) in [6, 6.07) is 18.8. The maximum absolute atomic E-state index is 13.3. The first-order chi connectivity index (χ1) is 12.2. The van der Waals surface area contributed by atoms with E-state index in [1.54, 1.807) is 18.3 Å². The number of nitrogens with zero attached hydrogens (tertiary/aromatic N) is 2. The van der Waals surface area contributed by atoms with Crippen LogP contribution >= 0.6 is 0 Å². The standard InChI is InChI=1S/C20H18N2O2S/c23-25(24,19-10-4-8-16-9-5-12-22-20(16)19)17-11-13-21-18(14-17)15-6-2-1-3-7-15/h1-10,12,17H,11,13-14H2. The van der Waals surface area contributed by atoms with Crippen LogP contribution in [-0.4, -0.2) is 30.9 Å². The van der Waals surface area contributed by atoms with Gasteiger partial charge in [-0.3, -0.25) is 9.98 Å². The Morgan fingerprint density at radius 2 is 1.72 bits per heavy atom. The van der Waals surface area contributed by atoms with Crippen molar-refractivity contribution in [2.45, 2.75) is 23.0 Å². The van der Waals surface area contributed by atoms with Gasteiger partial charge in [-0.15, -0.1) is 0 Å². The second kappa shape index (κ2) is 6.41. The van der Waals surface area contributed by atoms with Crippen LogP contribution in [0, 0.1) is 0 Å². The van der Waals surface area contributed by atoms with Crippen molar-refractivity contribution in [3.63, 3.8) is 0 Å². The molecule has 126 valence electrons. The van der Waals surface area contributed by atoms with E-state index in [9.17, 15) is 8.42 Å². The highest BCUT2D eigenvalue weighted by Gasteiger charge is 2.32. The van der Waals surface area contributed by atoms with Gasteiger partial charge < -0.3 is 0 Å². The molecule has 0 spiro atoms. The van der Waals surface area contributed by atoms with Crippen molar-refractivity contribution in [1.82, 2.24) is 4.98 Å². The van der Waals surface area contributed by atoms with Crippen LogP contribution in [0.3, 0.4) is 0 Å². The first kappa shape index (κ1) is 16.0. The molecule has 0 saturated heterocycles. The average Bonchev–Trinajstić information content (AvgIpc) is 2.68. The van der Waals surface area contributed by atoms with E-state index in [-0.39, 0.29) is 0 Å². The molecule has 3 aromatic rings. The fraction of sp³-hybridized carbons (Fsp3) is 0.200. The van der Waals surface area contributed by atoms with Crippen LogP contribution in [0.15, 0.2) is 76.7 Å². The number of benzene rings is 2. The number of rotatable bonds is 3. The number of fused-ring (bicyclic) bond motifs is 1. The normalized spacial score (nSPS) is 18.1. The van der Waals surface area contributed by atoms with E-state index >= 15 is 0 Å². The fourth-order valence-corrected chi connectivity index (χ4v) is 5.18. The molecular formula is C20H18N2O2S. The molecule has 25 heavy (non-hydrogen) atoms. The molecular weight excluding hydrogens is 332 g/mol. The molecule has 0 saturated carbocycles. The van der Waals surface area contributed by atoms with E-state index in [1.807, 2.05) is 48.5 Å². The van der Waals surface area contributed by atoms with Crippen molar-refractivity contribution in [3.8, 4) is 0 Å². The number of sulfone groups is 1. The highest BCUT2D eigenvalue weighted by Crippen LogP contribution is 2.29. The molecule has 5 heteroatoms. The van der Waals surface area contributed by atoms with Gasteiger partial charge >= 0.3 is 0 Å². The Labute approximate surface area is 147 Å². The zero-order chi connectivity index (χ0) is 17.3. The Morgan fingerprint density at radius 1 is 0.920 bits per heavy atom. The van der Waals surface area contributed by atoms with Gasteiger partial charge in [0, 0.05) is 30.3 Å². The molecule has 0 aliphatic carbocycles. The third kappa shape index (κ3) is 2.96. The first-order valence-corrected chi connectivity index (χ1v) is 9.87. The summed E-state index contributed by atoms with van der Waals surface area (Å²) >= 11 is 0. The van der Waals surface area contributed by atoms with Crippen LogP contribution in [0.1, 0.15) is 18.4 Å². The molecule has 2 aromatic carbocycles. The quantitative estimate of drug-likeness (QED) is 0.724. The van der Waals surface area contributed by atoms with Gasteiger partial charge in [-0.2, -0.15) is 0 Å². The van der Waals surface area contributed by atoms with Crippen LogP contribution in [-0.2, 0) is 9.84 Å². The molecule has 0 N–H and O–H groups in total. The Kier molecular flexibility index (Phi) is 4.09. The minimum Gasteiger partial charge on any atom is -0.289 e. The van der Waals surface area contributed by atoms with E-state index in [2.05, 4.69) is 9.98 Å². The Bertz CT molecular complexity index is 1040. The second-order valence-electron chi connectivity index (χ2n) is 6.19. The molecule has 1 atom stereocenters. The van der Waals surface area contributed by atoms with Gasteiger partial charge in [-0.05, 0) is 24.1 Å². The third-order valence-corrected chi connectivity index (χ3v) is 6.85. The highest BCUT2D eigenvalue weighted by molar-refractivity contribution is 7.92. The molecule has 1 unspecified atom stereocenters. The summed E-state index contributed by atoms with van der Waals surface area (Å²) in [7, 11) is -3.47. The largest absolute Gasteiger partial charge is 0.289 e. The number of hydrogen-bond acceptors (Lipinski definition) is 4. The third-order valence-electron chi connectivity index (χ3n) is 4.62. The Balaban J connectivity index is 1.72. The fourth-order valence-electron chi connectivity index (χ4n) is 3.32. The van der Waals surface area contributed by atoms with E-state index in [4.69, 9.17) is 0 Å². The van der Waals surface area contributed by atoms with E-state index in [1.165, 1.54) is 0 Å². The summed E-state index contributed by atoms with van der Waals surface area (Å²) < 4.78 is 26.6. The van der Waals surface area contributed by atoms with E-state index < -0.39 is 15.1 Å². The number of hydrogen-bond donors (Lipinski definition) is 0. The van der Waals surface area contributed by atoms with Crippen molar-refractivity contribution in [3.05, 3.63) is 72.4 Å². The molecule has 4 nitrogen and oxygen atoms in total. The van der Waals surface area contributed by atoms with Crippen molar-refractivity contribution >= 4 is 26.5 Å². The van der Waals surface area contributed by atoms with Gasteiger partial charge in [-0.25, -0.2) is 8.42 Å². The van der Waals surface area contributed by atoms with Crippen molar-refractivity contribution in [2.24, 2.45) is 4.99 Å². The minimum atomic E-state index is -3.47. The molecule has 2 heterocycles. The van der Waals surface area contributed by atoms with Crippen LogP contribution in [0.25, 0.3) is 10.9 Å². The summed E-state index contributed by atoms with van der Waals surface area (Å²) in [5.74, 6) is 0. The zero-order valence-electron chi connectivity index (χ0n) is 13.7. The summed E-state index contributed by atoms with van der Waals surface area (Å²) in [5.41, 5.74) is 2.42. The molecule has 0 bridgehead atoms. The summed E-state index contributed by atoms with van der Waals surface area (Å²) in [6.45, 7) is 0.534. The number of pyridine rings is 1. The summed E-state index contributed by atoms with van der Waals surface area (Å²) in [5, 5.41) is 0.379. The van der Waals surface area contributed by atoms with Gasteiger partial charge in [0.25, 0.3) is 0 Å². The lowest BCUT2D eigenvalue weighted by atomic mass is 10.0. The Hall–Kier alpha value is -2.53. The van der Waals surface area contributed by atoms with E-state index in [0.717, 1.165) is 16.7 Å². The lowest BCUT2D eigenvalue weighted by Gasteiger charge is -2.23. The van der Waals surface area contributed by atoms with Gasteiger partial charge in [0.2, 0.25) is 0 Å². The number of para-hydroxylation sites is 1. The van der Waals surface area contributed by atoms with Gasteiger partial charge in [0.05, 0.1) is 15.7 Å². The van der Waals surface area contributed by atoms with Crippen LogP contribution < -0.4 is 0 Å². The lowest BCUT2D eigenvalue weighted by molar-refractivity contribution is 0.571. The maximum atomic E-state index is 13.3. The van der Waals surface area contributed by atoms with Gasteiger partial charge in [0.15, 0.2) is 9.84 Å². The summed E-state index contributed by atoms with van der Waals surface area (Å²) in [6.07, 6.45) is 2.62. The number of aromatic nitrogens is 1. The van der Waals surface area contributed by atoms with Crippen LogP contribution in [0.5, 0.6) is 0 Å². The molecule has 0 radical (unpaired) electrons. The van der Waals surface area contributed by atoms with Gasteiger partial charge in [-0.1, -0.05) is 48.5 Å².